The highest BCUT2D eigenvalue weighted by molar-refractivity contribution is 5.99. The highest BCUT2D eigenvalue weighted by atomic mass is 16.2. The standard InChI is InChI=1S/C18H21N3O2/c1-2-3-10-20-17(22)15-7-4-8-16(11-15)18(23)21-13-14-6-5-9-19-12-14/h4-9,11-12H,2-3,10,13H2,1H3,(H,20,22)(H,21,23). The van der Waals surface area contributed by atoms with Crippen molar-refractivity contribution in [3.63, 3.8) is 0 Å². The number of pyridine rings is 1. The molecule has 0 spiro atoms. The summed E-state index contributed by atoms with van der Waals surface area (Å²) in [4.78, 5) is 28.2. The van der Waals surface area contributed by atoms with E-state index in [9.17, 15) is 9.59 Å². The van der Waals surface area contributed by atoms with Crippen molar-refractivity contribution in [3.05, 3.63) is 65.5 Å². The molecule has 0 radical (unpaired) electrons. The molecule has 0 saturated heterocycles. The fraction of sp³-hybridized carbons (Fsp3) is 0.278. The monoisotopic (exact) mass is 311 g/mol. The van der Waals surface area contributed by atoms with Gasteiger partial charge in [-0.2, -0.15) is 0 Å². The molecule has 0 aliphatic rings. The average molecular weight is 311 g/mol. The largest absolute Gasteiger partial charge is 0.352 e. The van der Waals surface area contributed by atoms with Crippen molar-refractivity contribution in [1.29, 1.82) is 0 Å². The molecule has 120 valence electrons. The van der Waals surface area contributed by atoms with E-state index in [-0.39, 0.29) is 11.8 Å². The number of nitrogens with zero attached hydrogens (tertiary/aromatic N) is 1. The molecule has 2 rings (SSSR count). The van der Waals surface area contributed by atoms with E-state index in [0.717, 1.165) is 18.4 Å². The second kappa shape index (κ2) is 8.68. The van der Waals surface area contributed by atoms with E-state index in [4.69, 9.17) is 0 Å². The van der Waals surface area contributed by atoms with Crippen molar-refractivity contribution >= 4 is 11.8 Å². The minimum atomic E-state index is -0.211. The van der Waals surface area contributed by atoms with E-state index < -0.39 is 0 Å². The van der Waals surface area contributed by atoms with Crippen LogP contribution in [0.3, 0.4) is 0 Å². The molecule has 0 aliphatic carbocycles. The van der Waals surface area contributed by atoms with Crippen LogP contribution in [0.4, 0.5) is 0 Å². The number of carbonyl (C=O) groups is 2. The maximum absolute atomic E-state index is 12.2. The lowest BCUT2D eigenvalue weighted by Crippen LogP contribution is -2.26. The van der Waals surface area contributed by atoms with Crippen molar-refractivity contribution in [3.8, 4) is 0 Å². The van der Waals surface area contributed by atoms with Crippen LogP contribution in [-0.4, -0.2) is 23.3 Å². The molecule has 0 bridgehead atoms. The lowest BCUT2D eigenvalue weighted by atomic mass is 10.1. The fourth-order valence-electron chi connectivity index (χ4n) is 2.07. The predicted octanol–water partition coefficient (Wildman–Crippen LogP) is 2.54. The van der Waals surface area contributed by atoms with E-state index in [2.05, 4.69) is 22.5 Å². The van der Waals surface area contributed by atoms with Gasteiger partial charge in [-0.1, -0.05) is 25.5 Å². The van der Waals surface area contributed by atoms with Gasteiger partial charge in [-0.05, 0) is 36.2 Å². The normalized spacial score (nSPS) is 10.1. The minimum Gasteiger partial charge on any atom is -0.352 e. The van der Waals surface area contributed by atoms with Gasteiger partial charge in [0.2, 0.25) is 0 Å². The van der Waals surface area contributed by atoms with Crippen LogP contribution in [0.2, 0.25) is 0 Å². The van der Waals surface area contributed by atoms with Gasteiger partial charge >= 0.3 is 0 Å². The first-order valence-corrected chi connectivity index (χ1v) is 7.76. The van der Waals surface area contributed by atoms with Gasteiger partial charge in [-0.15, -0.1) is 0 Å². The summed E-state index contributed by atoms with van der Waals surface area (Å²) in [5.74, 6) is -0.363. The van der Waals surface area contributed by atoms with Crippen LogP contribution in [0.15, 0.2) is 48.8 Å². The number of aromatic nitrogens is 1. The molecule has 0 unspecified atom stereocenters. The van der Waals surface area contributed by atoms with E-state index in [1.807, 2.05) is 12.1 Å². The summed E-state index contributed by atoms with van der Waals surface area (Å²) in [6.07, 6.45) is 5.36. The summed E-state index contributed by atoms with van der Waals surface area (Å²) < 4.78 is 0. The Labute approximate surface area is 136 Å². The third-order valence-corrected chi connectivity index (χ3v) is 3.38. The molecule has 2 aromatic rings. The van der Waals surface area contributed by atoms with E-state index in [1.165, 1.54) is 0 Å². The molecule has 0 aliphatic heterocycles. The van der Waals surface area contributed by atoms with Crippen molar-refractivity contribution in [2.24, 2.45) is 0 Å². The number of carbonyl (C=O) groups excluding carboxylic acids is 2. The molecular formula is C18H21N3O2. The molecule has 2 amide bonds. The van der Waals surface area contributed by atoms with Crippen LogP contribution in [0.1, 0.15) is 46.0 Å². The summed E-state index contributed by atoms with van der Waals surface area (Å²) in [7, 11) is 0. The van der Waals surface area contributed by atoms with E-state index >= 15 is 0 Å². The molecule has 1 aromatic carbocycles. The average Bonchev–Trinajstić information content (AvgIpc) is 2.61. The number of unbranched alkanes of at least 4 members (excludes halogenated alkanes) is 1. The maximum atomic E-state index is 12.2. The number of benzene rings is 1. The Hall–Kier alpha value is -2.69. The summed E-state index contributed by atoms with van der Waals surface area (Å²) >= 11 is 0. The van der Waals surface area contributed by atoms with Crippen LogP contribution >= 0.6 is 0 Å². The SMILES string of the molecule is CCCCNC(=O)c1cccc(C(=O)NCc2cccnc2)c1. The Bertz CT molecular complexity index is 656. The Morgan fingerprint density at radius 1 is 1.04 bits per heavy atom. The number of rotatable bonds is 7. The number of amides is 2. The fourth-order valence-corrected chi connectivity index (χ4v) is 2.07. The van der Waals surface area contributed by atoms with Crippen molar-refractivity contribution in [1.82, 2.24) is 15.6 Å². The van der Waals surface area contributed by atoms with Gasteiger partial charge in [0.25, 0.3) is 11.8 Å². The third kappa shape index (κ3) is 5.21. The number of hydrogen-bond donors (Lipinski definition) is 2. The molecule has 0 fully saturated rings. The van der Waals surface area contributed by atoms with Crippen LogP contribution in [-0.2, 0) is 6.54 Å². The Morgan fingerprint density at radius 3 is 2.43 bits per heavy atom. The first-order chi connectivity index (χ1) is 11.2. The van der Waals surface area contributed by atoms with Crippen molar-refractivity contribution in [2.45, 2.75) is 26.3 Å². The van der Waals surface area contributed by atoms with Gasteiger partial charge in [0.1, 0.15) is 0 Å². The van der Waals surface area contributed by atoms with Crippen LogP contribution in [0.25, 0.3) is 0 Å². The third-order valence-electron chi connectivity index (χ3n) is 3.38. The Morgan fingerprint density at radius 2 is 1.78 bits per heavy atom. The molecule has 0 atom stereocenters. The van der Waals surface area contributed by atoms with Gasteiger partial charge in [0, 0.05) is 36.6 Å². The molecule has 23 heavy (non-hydrogen) atoms. The smallest absolute Gasteiger partial charge is 0.251 e. The van der Waals surface area contributed by atoms with Gasteiger partial charge < -0.3 is 10.6 Å². The van der Waals surface area contributed by atoms with Gasteiger partial charge in [0.05, 0.1) is 0 Å². The zero-order valence-corrected chi connectivity index (χ0v) is 13.2. The Kier molecular flexibility index (Phi) is 6.29. The summed E-state index contributed by atoms with van der Waals surface area (Å²) in [6, 6.07) is 10.4. The van der Waals surface area contributed by atoms with Crippen LogP contribution in [0, 0.1) is 0 Å². The zero-order chi connectivity index (χ0) is 16.5. The first kappa shape index (κ1) is 16.7. The molecule has 2 N–H and O–H groups in total. The van der Waals surface area contributed by atoms with Crippen molar-refractivity contribution < 1.29 is 9.59 Å². The van der Waals surface area contributed by atoms with Crippen LogP contribution < -0.4 is 10.6 Å². The zero-order valence-electron chi connectivity index (χ0n) is 13.2. The maximum Gasteiger partial charge on any atom is 0.251 e. The van der Waals surface area contributed by atoms with Gasteiger partial charge in [-0.25, -0.2) is 0 Å². The summed E-state index contributed by atoms with van der Waals surface area (Å²) in [5, 5.41) is 5.67. The lowest BCUT2D eigenvalue weighted by Gasteiger charge is -2.08. The predicted molar refractivity (Wildman–Crippen MR) is 89.1 cm³/mol. The Balaban J connectivity index is 1.95. The molecule has 1 heterocycles. The molecular weight excluding hydrogens is 290 g/mol. The summed E-state index contributed by atoms with van der Waals surface area (Å²) in [6.45, 7) is 3.12. The van der Waals surface area contributed by atoms with Gasteiger partial charge in [0.15, 0.2) is 0 Å². The topological polar surface area (TPSA) is 71.1 Å². The highest BCUT2D eigenvalue weighted by Gasteiger charge is 2.10. The minimum absolute atomic E-state index is 0.152. The second-order valence-corrected chi connectivity index (χ2v) is 5.23. The van der Waals surface area contributed by atoms with Crippen molar-refractivity contribution in [2.75, 3.05) is 6.54 Å². The summed E-state index contributed by atoms with van der Waals surface area (Å²) in [5.41, 5.74) is 1.89. The number of hydrogen-bond acceptors (Lipinski definition) is 3. The first-order valence-electron chi connectivity index (χ1n) is 7.76. The molecule has 0 saturated carbocycles. The van der Waals surface area contributed by atoms with Gasteiger partial charge in [-0.3, -0.25) is 14.6 Å². The number of nitrogens with one attached hydrogen (secondary N) is 2. The quantitative estimate of drug-likeness (QED) is 0.772. The van der Waals surface area contributed by atoms with Crippen LogP contribution in [0.5, 0.6) is 0 Å². The second-order valence-electron chi connectivity index (χ2n) is 5.23. The molecule has 5 heteroatoms. The highest BCUT2D eigenvalue weighted by Crippen LogP contribution is 2.06. The molecule has 1 aromatic heterocycles. The lowest BCUT2D eigenvalue weighted by molar-refractivity contribution is 0.0950. The van der Waals surface area contributed by atoms with E-state index in [1.54, 1.807) is 36.7 Å². The van der Waals surface area contributed by atoms with E-state index in [0.29, 0.717) is 24.2 Å². The molecule has 5 nitrogen and oxygen atoms in total.